The molecule has 3 rings (SSSR count). The van der Waals surface area contributed by atoms with Crippen LogP contribution in [-0.4, -0.2) is 16.4 Å². The number of thiazole rings is 1. The Labute approximate surface area is 131 Å². The number of halogens is 2. The van der Waals surface area contributed by atoms with E-state index in [1.165, 1.54) is 0 Å². The Morgan fingerprint density at radius 3 is 3.00 bits per heavy atom. The Hall–Kier alpha value is -1.07. The SMILES string of the molecule is CNC(Cc1cn2ccsc2n1)c1cc(Cl)ccc1Cl. The van der Waals surface area contributed by atoms with E-state index in [2.05, 4.69) is 16.5 Å². The molecule has 0 spiro atoms. The summed E-state index contributed by atoms with van der Waals surface area (Å²) in [6, 6.07) is 5.62. The molecule has 3 aromatic rings. The highest BCUT2D eigenvalue weighted by atomic mass is 35.5. The van der Waals surface area contributed by atoms with Crippen LogP contribution in [0, 0.1) is 0 Å². The zero-order valence-corrected chi connectivity index (χ0v) is 13.1. The van der Waals surface area contributed by atoms with Gasteiger partial charge >= 0.3 is 0 Å². The van der Waals surface area contributed by atoms with E-state index >= 15 is 0 Å². The summed E-state index contributed by atoms with van der Waals surface area (Å²) in [5, 5.41) is 6.71. The van der Waals surface area contributed by atoms with Crippen LogP contribution in [-0.2, 0) is 6.42 Å². The van der Waals surface area contributed by atoms with Crippen LogP contribution in [0.3, 0.4) is 0 Å². The van der Waals surface area contributed by atoms with Crippen LogP contribution < -0.4 is 5.32 Å². The van der Waals surface area contributed by atoms with Crippen LogP contribution in [0.2, 0.25) is 10.0 Å². The van der Waals surface area contributed by atoms with Crippen molar-refractivity contribution >= 4 is 39.5 Å². The summed E-state index contributed by atoms with van der Waals surface area (Å²) >= 11 is 14.0. The molecule has 0 amide bonds. The first-order valence-corrected chi connectivity index (χ1v) is 7.84. The molecule has 0 aliphatic carbocycles. The second-order valence-electron chi connectivity index (χ2n) is 4.54. The van der Waals surface area contributed by atoms with Gasteiger partial charge in [0, 0.05) is 40.3 Å². The summed E-state index contributed by atoms with van der Waals surface area (Å²) < 4.78 is 2.03. The van der Waals surface area contributed by atoms with Gasteiger partial charge in [0.2, 0.25) is 0 Å². The van der Waals surface area contributed by atoms with Crippen molar-refractivity contribution in [3.8, 4) is 0 Å². The smallest absolute Gasteiger partial charge is 0.193 e. The molecule has 104 valence electrons. The van der Waals surface area contributed by atoms with Gasteiger partial charge in [-0.15, -0.1) is 11.3 Å². The lowest BCUT2D eigenvalue weighted by Crippen LogP contribution is -2.19. The van der Waals surface area contributed by atoms with Crippen LogP contribution in [0.25, 0.3) is 4.96 Å². The molecule has 2 heterocycles. The minimum absolute atomic E-state index is 0.0887. The summed E-state index contributed by atoms with van der Waals surface area (Å²) in [4.78, 5) is 5.61. The minimum atomic E-state index is 0.0887. The van der Waals surface area contributed by atoms with Crippen molar-refractivity contribution in [2.75, 3.05) is 7.05 Å². The van der Waals surface area contributed by atoms with E-state index in [0.29, 0.717) is 5.02 Å². The van der Waals surface area contributed by atoms with Crippen LogP contribution in [0.15, 0.2) is 36.0 Å². The Bertz CT molecular complexity index is 706. The molecule has 0 aliphatic heterocycles. The maximum Gasteiger partial charge on any atom is 0.193 e. The summed E-state index contributed by atoms with van der Waals surface area (Å²) in [5.74, 6) is 0. The van der Waals surface area contributed by atoms with E-state index in [1.54, 1.807) is 17.4 Å². The van der Waals surface area contributed by atoms with Crippen LogP contribution in [0.5, 0.6) is 0 Å². The standard InChI is InChI=1S/C14H13Cl2N3S/c1-17-13(11-6-9(15)2-3-12(11)16)7-10-8-19-4-5-20-14(19)18-10/h2-6,8,13,17H,7H2,1H3. The Kier molecular flexibility index (Phi) is 3.98. The number of nitrogens with one attached hydrogen (secondary N) is 1. The lowest BCUT2D eigenvalue weighted by Gasteiger charge is -2.17. The van der Waals surface area contributed by atoms with Crippen molar-refractivity contribution in [3.05, 3.63) is 57.3 Å². The first-order chi connectivity index (χ1) is 9.67. The Morgan fingerprint density at radius 2 is 2.25 bits per heavy atom. The molecule has 0 aliphatic rings. The fraction of sp³-hybridized carbons (Fsp3) is 0.214. The first kappa shape index (κ1) is 13.9. The predicted molar refractivity (Wildman–Crippen MR) is 85.0 cm³/mol. The molecular weight excluding hydrogens is 313 g/mol. The number of rotatable bonds is 4. The number of hydrogen-bond donors (Lipinski definition) is 1. The van der Waals surface area contributed by atoms with E-state index in [4.69, 9.17) is 23.2 Å². The molecule has 20 heavy (non-hydrogen) atoms. The van der Waals surface area contributed by atoms with Crippen molar-refractivity contribution in [1.29, 1.82) is 0 Å². The second kappa shape index (κ2) is 5.74. The molecule has 0 bridgehead atoms. The largest absolute Gasteiger partial charge is 0.313 e. The molecule has 1 N–H and O–H groups in total. The fourth-order valence-corrected chi connectivity index (χ4v) is 3.38. The number of hydrogen-bond acceptors (Lipinski definition) is 3. The lowest BCUT2D eigenvalue weighted by molar-refractivity contribution is 0.586. The van der Waals surface area contributed by atoms with E-state index in [9.17, 15) is 0 Å². The highest BCUT2D eigenvalue weighted by Crippen LogP contribution is 2.28. The third-order valence-corrected chi connectivity index (χ3v) is 4.59. The third kappa shape index (κ3) is 2.69. The third-order valence-electron chi connectivity index (χ3n) is 3.24. The van der Waals surface area contributed by atoms with Crippen LogP contribution in [0.1, 0.15) is 17.3 Å². The predicted octanol–water partition coefficient (Wildman–Crippen LogP) is 4.21. The van der Waals surface area contributed by atoms with Gasteiger partial charge in [-0.05, 0) is 30.8 Å². The Morgan fingerprint density at radius 1 is 1.40 bits per heavy atom. The topological polar surface area (TPSA) is 29.3 Å². The van der Waals surface area contributed by atoms with Crippen molar-refractivity contribution in [1.82, 2.24) is 14.7 Å². The maximum atomic E-state index is 6.27. The van der Waals surface area contributed by atoms with Gasteiger partial charge in [-0.1, -0.05) is 23.2 Å². The van der Waals surface area contributed by atoms with Gasteiger partial charge in [0.15, 0.2) is 4.96 Å². The number of likely N-dealkylation sites (N-methyl/N-ethyl adjacent to an activating group) is 1. The van der Waals surface area contributed by atoms with Crippen LogP contribution >= 0.6 is 34.5 Å². The van der Waals surface area contributed by atoms with Crippen molar-refractivity contribution in [2.24, 2.45) is 0 Å². The van der Waals surface area contributed by atoms with E-state index < -0.39 is 0 Å². The van der Waals surface area contributed by atoms with Gasteiger partial charge in [-0.3, -0.25) is 4.40 Å². The van der Waals surface area contributed by atoms with E-state index in [1.807, 2.05) is 35.2 Å². The molecule has 0 saturated heterocycles. The van der Waals surface area contributed by atoms with Crippen molar-refractivity contribution in [3.63, 3.8) is 0 Å². The van der Waals surface area contributed by atoms with Gasteiger partial charge < -0.3 is 5.32 Å². The monoisotopic (exact) mass is 325 g/mol. The summed E-state index contributed by atoms with van der Waals surface area (Å²) in [6.45, 7) is 0. The maximum absolute atomic E-state index is 6.27. The average molecular weight is 326 g/mol. The summed E-state index contributed by atoms with van der Waals surface area (Å²) in [6.07, 6.45) is 4.83. The highest BCUT2D eigenvalue weighted by Gasteiger charge is 2.16. The average Bonchev–Trinajstić information content (AvgIpc) is 3.00. The molecule has 3 nitrogen and oxygen atoms in total. The van der Waals surface area contributed by atoms with E-state index in [-0.39, 0.29) is 6.04 Å². The summed E-state index contributed by atoms with van der Waals surface area (Å²) in [5.41, 5.74) is 2.03. The lowest BCUT2D eigenvalue weighted by atomic mass is 10.0. The number of aromatic nitrogens is 2. The summed E-state index contributed by atoms with van der Waals surface area (Å²) in [7, 11) is 1.92. The van der Waals surface area contributed by atoms with Crippen molar-refractivity contribution in [2.45, 2.75) is 12.5 Å². The van der Waals surface area contributed by atoms with Gasteiger partial charge in [0.25, 0.3) is 0 Å². The fourth-order valence-electron chi connectivity index (χ4n) is 2.23. The molecule has 0 fully saturated rings. The van der Waals surface area contributed by atoms with Crippen LogP contribution in [0.4, 0.5) is 0 Å². The molecule has 1 aromatic carbocycles. The first-order valence-electron chi connectivity index (χ1n) is 6.20. The molecular formula is C14H13Cl2N3S. The number of benzene rings is 1. The number of imidazole rings is 1. The van der Waals surface area contributed by atoms with Gasteiger partial charge in [0.05, 0.1) is 5.69 Å². The highest BCUT2D eigenvalue weighted by molar-refractivity contribution is 7.15. The van der Waals surface area contributed by atoms with Gasteiger partial charge in [0.1, 0.15) is 0 Å². The normalized spacial score (nSPS) is 12.9. The van der Waals surface area contributed by atoms with E-state index in [0.717, 1.165) is 27.7 Å². The zero-order valence-electron chi connectivity index (χ0n) is 10.8. The second-order valence-corrected chi connectivity index (χ2v) is 6.25. The molecule has 0 radical (unpaired) electrons. The molecule has 1 atom stereocenters. The minimum Gasteiger partial charge on any atom is -0.313 e. The Balaban J connectivity index is 1.89. The molecule has 1 unspecified atom stereocenters. The molecule has 0 saturated carbocycles. The quantitative estimate of drug-likeness (QED) is 0.778. The van der Waals surface area contributed by atoms with Gasteiger partial charge in [-0.25, -0.2) is 4.98 Å². The molecule has 6 heteroatoms. The van der Waals surface area contributed by atoms with Crippen molar-refractivity contribution < 1.29 is 0 Å². The zero-order chi connectivity index (χ0) is 14.1. The number of fused-ring (bicyclic) bond motifs is 1. The number of nitrogens with zero attached hydrogens (tertiary/aromatic N) is 2. The van der Waals surface area contributed by atoms with Gasteiger partial charge in [-0.2, -0.15) is 0 Å². The molecule has 2 aromatic heterocycles.